The molecule has 4 aromatic rings. The normalized spacial score (nSPS) is 20.4. The van der Waals surface area contributed by atoms with Crippen molar-refractivity contribution in [3.05, 3.63) is 117 Å². The van der Waals surface area contributed by atoms with Gasteiger partial charge in [0.05, 0.1) is 44.5 Å². The Morgan fingerprint density at radius 3 is 1.11 bits per heavy atom. The number of hydrogen-bond donors (Lipinski definition) is 16. The number of aromatic hydroxyl groups is 4. The zero-order chi connectivity index (χ0) is 69.1. The fraction of sp³-hybridized carbons (Fsp3) is 0.462. The zero-order valence-corrected chi connectivity index (χ0v) is 53.5. The molecule has 31 nitrogen and oxygen atoms in total. The minimum absolute atomic E-state index is 0.0111. The van der Waals surface area contributed by atoms with Crippen LogP contribution in [-0.2, 0) is 9.59 Å². The Morgan fingerprint density at radius 2 is 0.750 bits per heavy atom. The minimum Gasteiger partial charge on any atom is -0.506 e. The minimum atomic E-state index is -1.04. The molecule has 8 rings (SSSR count). The summed E-state index contributed by atoms with van der Waals surface area (Å²) in [5.74, 6) is -10.6. The SMILES string of the molecule is NCCCNC(=O)c1cc2c(O)c(c1)C(=O)NCCN1CCNC(=O)c3cccc(c3O)C(=O)NCCN(CCNC2=O)CCN2CCNC(=O)c3cccc(c3O)C(=O)NCCN(CCNC(=O)c3cccc(c3O)C(=O)NCC2)CC1CCCCNC(=O)CCCC(=O)O. The largest absolute Gasteiger partial charge is 0.506 e. The number of hydrogen-bond acceptors (Lipinski definition) is 20. The van der Waals surface area contributed by atoms with Crippen LogP contribution in [-0.4, -0.2) is 260 Å². The van der Waals surface area contributed by atoms with Crippen LogP contribution in [0.4, 0.5) is 0 Å². The summed E-state index contributed by atoms with van der Waals surface area (Å²) in [7, 11) is 0. The van der Waals surface area contributed by atoms with Gasteiger partial charge in [0.1, 0.15) is 23.0 Å². The summed E-state index contributed by atoms with van der Waals surface area (Å²) in [6.07, 6.45) is 1.47. The van der Waals surface area contributed by atoms with Gasteiger partial charge in [0.25, 0.3) is 53.2 Å². The number of amides is 10. The van der Waals surface area contributed by atoms with Crippen LogP contribution in [0, 0.1) is 0 Å². The van der Waals surface area contributed by atoms with Gasteiger partial charge >= 0.3 is 5.97 Å². The van der Waals surface area contributed by atoms with Gasteiger partial charge in [-0.3, -0.25) is 72.3 Å². The molecule has 0 spiro atoms. The summed E-state index contributed by atoms with van der Waals surface area (Å²) in [4.78, 5) is 158. The summed E-state index contributed by atoms with van der Waals surface area (Å²) in [6.45, 7) is 0.821. The summed E-state index contributed by atoms with van der Waals surface area (Å²) in [6, 6.07) is 14.2. The quantitative estimate of drug-likeness (QED) is 0.0691. The van der Waals surface area contributed by atoms with Gasteiger partial charge in [0, 0.05) is 162 Å². The maximum Gasteiger partial charge on any atom is 0.303 e. The number of carboxylic acids is 1. The van der Waals surface area contributed by atoms with Crippen molar-refractivity contribution in [3.63, 3.8) is 0 Å². The first-order valence-corrected chi connectivity index (χ1v) is 32.2. The standard InChI is InChI=1S/C65H87N15O16/c66-17-7-19-68-57(88)41-38-49-56(87)50(39-41)65(96)76-27-35-80-34-26-75-63(94)48-14-5-11-45(55(48)86)60(91)71-22-30-78(31-23-74-64(49)95)37-36-77-28-20-69-58(89)43-9-3-12-46(53(43)84)61(92)72-24-32-79(40-42(80)8-1-2-18-67-51(81)15-6-16-52(82)83)33-25-73-62(93)47-13-4-10-44(54(47)85)59(90)70-21-29-77/h3-5,9-14,38-39,42,84-87H,1-2,6-8,15-37,40,66H2,(H,67,81)(H,68,88)(H,69,89)(H,70,90)(H,71,91)(H,72,92)(H,73,93)(H,74,95)(H,75,94)(H,76,96)(H,82,83). The van der Waals surface area contributed by atoms with Crippen LogP contribution in [0.5, 0.6) is 23.0 Å². The third kappa shape index (κ3) is 21.5. The predicted molar refractivity (Wildman–Crippen MR) is 350 cm³/mol. The highest BCUT2D eigenvalue weighted by Crippen LogP contribution is 2.28. The number of nitrogens with two attached hydrogens (primary N) is 1. The number of aliphatic carboxylic acids is 1. The van der Waals surface area contributed by atoms with E-state index in [1.54, 1.807) is 0 Å². The molecular formula is C65H87N15O16. The fourth-order valence-corrected chi connectivity index (χ4v) is 11.2. The molecule has 3 atom stereocenters. The van der Waals surface area contributed by atoms with Gasteiger partial charge in [-0.15, -0.1) is 0 Å². The lowest BCUT2D eigenvalue weighted by molar-refractivity contribution is -0.137. The van der Waals surface area contributed by atoms with E-state index in [-0.39, 0.29) is 208 Å². The average Bonchev–Trinajstić information content (AvgIpc) is 0.838. The van der Waals surface area contributed by atoms with E-state index in [2.05, 4.69) is 53.2 Å². The first-order chi connectivity index (χ1) is 46.2. The van der Waals surface area contributed by atoms with Crippen molar-refractivity contribution in [3.8, 4) is 23.0 Å². The Bertz CT molecular complexity index is 3370. The van der Waals surface area contributed by atoms with Crippen molar-refractivity contribution in [2.24, 2.45) is 5.73 Å². The van der Waals surface area contributed by atoms with Crippen LogP contribution < -0.4 is 58.9 Å². The van der Waals surface area contributed by atoms with Gasteiger partial charge in [0.15, 0.2) is 0 Å². The lowest BCUT2D eigenvalue weighted by Crippen LogP contribution is -2.51. The van der Waals surface area contributed by atoms with E-state index in [0.717, 1.165) is 12.1 Å². The Kier molecular flexibility index (Phi) is 28.5. The second kappa shape index (κ2) is 37.2. The number of nitrogens with one attached hydrogen (secondary N) is 10. The van der Waals surface area contributed by atoms with E-state index >= 15 is 0 Å². The molecule has 0 saturated heterocycles. The molecule has 31 heteroatoms. The highest BCUT2D eigenvalue weighted by molar-refractivity contribution is 6.08. The van der Waals surface area contributed by atoms with Crippen LogP contribution >= 0.6 is 0 Å². The van der Waals surface area contributed by atoms with E-state index in [0.29, 0.717) is 25.7 Å². The van der Waals surface area contributed by atoms with Gasteiger partial charge in [-0.05, 0) is 80.8 Å². The molecule has 518 valence electrons. The fourth-order valence-electron chi connectivity index (χ4n) is 11.2. The molecule has 4 aliphatic heterocycles. The van der Waals surface area contributed by atoms with Crippen LogP contribution in [0.2, 0.25) is 0 Å². The summed E-state index contributed by atoms with van der Waals surface area (Å²) < 4.78 is 0. The number of unbranched alkanes of at least 4 members (excludes halogenated alkanes) is 1. The molecule has 0 aromatic heterocycles. The van der Waals surface area contributed by atoms with E-state index in [1.807, 2.05) is 19.6 Å². The number of rotatable bonds is 13. The van der Waals surface area contributed by atoms with Gasteiger partial charge in [0.2, 0.25) is 5.91 Å². The Labute approximate surface area is 554 Å². The molecule has 96 heavy (non-hydrogen) atoms. The van der Waals surface area contributed by atoms with Crippen LogP contribution in [0.25, 0.3) is 0 Å². The van der Waals surface area contributed by atoms with Crippen LogP contribution in [0.1, 0.15) is 138 Å². The first kappa shape index (κ1) is 73.5. The van der Waals surface area contributed by atoms with E-state index in [9.17, 15) is 73.2 Å². The molecule has 0 radical (unpaired) electrons. The monoisotopic (exact) mass is 1330 g/mol. The van der Waals surface area contributed by atoms with Crippen molar-refractivity contribution in [2.45, 2.75) is 51.0 Å². The number of fused-ring (bicyclic) bond motifs is 16. The molecule has 0 fully saturated rings. The third-order valence-corrected chi connectivity index (χ3v) is 16.6. The summed E-state index contributed by atoms with van der Waals surface area (Å²) in [5, 5.41) is 83.6. The number of nitrogens with zero attached hydrogens (tertiary/aromatic N) is 4. The number of carboxylic acid groups (broad SMARTS) is 1. The Morgan fingerprint density at radius 1 is 0.417 bits per heavy atom. The molecule has 4 heterocycles. The summed E-state index contributed by atoms with van der Waals surface area (Å²) in [5.41, 5.74) is 3.53. The molecule has 3 unspecified atom stereocenters. The van der Waals surface area contributed by atoms with Crippen molar-refractivity contribution < 1.29 is 78.3 Å². The maximum atomic E-state index is 14.5. The maximum absolute atomic E-state index is 14.5. The zero-order valence-electron chi connectivity index (χ0n) is 53.5. The van der Waals surface area contributed by atoms with E-state index in [4.69, 9.17) is 10.8 Å². The van der Waals surface area contributed by atoms with Gasteiger partial charge < -0.3 is 84.4 Å². The topological polar surface area (TPSA) is 448 Å². The molecule has 10 amide bonds. The second-order valence-corrected chi connectivity index (χ2v) is 23.2. The third-order valence-electron chi connectivity index (χ3n) is 16.6. The Hall–Kier alpha value is -9.95. The molecule has 0 aliphatic carbocycles. The lowest BCUT2D eigenvalue weighted by atomic mass is 10.0. The van der Waals surface area contributed by atoms with Gasteiger partial charge in [-0.2, -0.15) is 0 Å². The highest BCUT2D eigenvalue weighted by atomic mass is 16.4. The van der Waals surface area contributed by atoms with Crippen LogP contribution in [0.15, 0.2) is 66.7 Å². The molecule has 12 bridgehead atoms. The predicted octanol–water partition coefficient (Wildman–Crippen LogP) is -1.31. The van der Waals surface area contributed by atoms with Gasteiger partial charge in [-0.1, -0.05) is 24.6 Å². The molecule has 0 saturated carbocycles. The highest BCUT2D eigenvalue weighted by Gasteiger charge is 2.29. The number of carbonyl (C=O) groups excluding carboxylic acids is 10. The van der Waals surface area contributed by atoms with Crippen molar-refractivity contribution in [1.29, 1.82) is 0 Å². The lowest BCUT2D eigenvalue weighted by Gasteiger charge is -2.36. The number of phenolic OH excluding ortho intramolecular Hbond substituents is 4. The first-order valence-electron chi connectivity index (χ1n) is 32.2. The Balaban J connectivity index is 1.36. The van der Waals surface area contributed by atoms with Crippen molar-refractivity contribution >= 4 is 65.0 Å². The molecule has 4 aliphatic rings. The number of carbonyl (C=O) groups is 11. The van der Waals surface area contributed by atoms with Crippen molar-refractivity contribution in [2.75, 3.05) is 144 Å². The summed E-state index contributed by atoms with van der Waals surface area (Å²) >= 11 is 0. The smallest absolute Gasteiger partial charge is 0.303 e. The molecule has 4 aromatic carbocycles. The van der Waals surface area contributed by atoms with E-state index in [1.165, 1.54) is 54.6 Å². The second-order valence-electron chi connectivity index (χ2n) is 23.2. The average molecular weight is 1330 g/mol. The van der Waals surface area contributed by atoms with Crippen molar-refractivity contribution in [1.82, 2.24) is 72.8 Å². The van der Waals surface area contributed by atoms with Crippen LogP contribution in [0.3, 0.4) is 0 Å². The number of phenols is 4. The molecular weight excluding hydrogens is 1250 g/mol. The van der Waals surface area contributed by atoms with E-state index < -0.39 is 99.3 Å². The van der Waals surface area contributed by atoms with Gasteiger partial charge in [-0.25, -0.2) is 0 Å². The number of para-hydroxylation sites is 3. The molecule has 17 N–H and O–H groups in total. The number of benzene rings is 4.